The summed E-state index contributed by atoms with van der Waals surface area (Å²) in [5.74, 6) is 0.192. The molecule has 0 spiro atoms. The van der Waals surface area contributed by atoms with E-state index in [-0.39, 0.29) is 17.5 Å². The maximum Gasteiger partial charge on any atom is 0.295 e. The number of aryl methyl sites for hydroxylation is 1. The summed E-state index contributed by atoms with van der Waals surface area (Å²) >= 11 is 0. The zero-order chi connectivity index (χ0) is 13.2. The number of hydrogen-bond acceptors (Lipinski definition) is 5. The van der Waals surface area contributed by atoms with Crippen LogP contribution in [0.3, 0.4) is 0 Å². The lowest BCUT2D eigenvalue weighted by molar-refractivity contribution is 0.236. The Bertz CT molecular complexity index is 649. The molecule has 2 aromatic heterocycles. The largest absolute Gasteiger partial charge is 0.445 e. The average Bonchev–Trinajstić information content (AvgIpc) is 2.77. The molecule has 0 aliphatic rings. The van der Waals surface area contributed by atoms with Crippen molar-refractivity contribution in [2.75, 3.05) is 4.72 Å². The van der Waals surface area contributed by atoms with Crippen molar-refractivity contribution in [1.82, 2.24) is 4.98 Å². The number of hydrogen-bond donors (Lipinski definition) is 2. The van der Waals surface area contributed by atoms with Gasteiger partial charge in [0.05, 0.1) is 11.9 Å². The summed E-state index contributed by atoms with van der Waals surface area (Å²) in [5.41, 5.74) is 1.20. The van der Waals surface area contributed by atoms with Gasteiger partial charge in [-0.2, -0.15) is 8.42 Å². The topological polar surface area (TPSA) is 92.4 Å². The predicted octanol–water partition coefficient (Wildman–Crippen LogP) is 1.28. The van der Waals surface area contributed by atoms with Gasteiger partial charge in [-0.25, -0.2) is 0 Å². The molecule has 96 valence electrons. The van der Waals surface area contributed by atoms with Gasteiger partial charge in [-0.05, 0) is 30.7 Å². The summed E-state index contributed by atoms with van der Waals surface area (Å²) in [7, 11) is -3.79. The molecule has 18 heavy (non-hydrogen) atoms. The maximum absolute atomic E-state index is 11.9. The Morgan fingerprint density at radius 3 is 2.78 bits per heavy atom. The van der Waals surface area contributed by atoms with Crippen LogP contribution in [0.25, 0.3) is 0 Å². The SMILES string of the molecule is Cc1cncc(NS(=O)(=O)c2ccc(CO)o2)c1. The summed E-state index contributed by atoms with van der Waals surface area (Å²) < 4.78 is 31.2. The molecule has 2 N–H and O–H groups in total. The molecule has 0 unspecified atom stereocenters. The molecule has 0 bridgehead atoms. The smallest absolute Gasteiger partial charge is 0.295 e. The van der Waals surface area contributed by atoms with Gasteiger partial charge in [-0.3, -0.25) is 9.71 Å². The monoisotopic (exact) mass is 268 g/mol. The fourth-order valence-corrected chi connectivity index (χ4v) is 2.39. The van der Waals surface area contributed by atoms with Crippen molar-refractivity contribution in [3.8, 4) is 0 Å². The number of aromatic nitrogens is 1. The van der Waals surface area contributed by atoms with Crippen LogP contribution in [0.4, 0.5) is 5.69 Å². The first kappa shape index (κ1) is 12.6. The molecule has 0 aliphatic carbocycles. The van der Waals surface area contributed by atoms with Crippen LogP contribution in [0.2, 0.25) is 0 Å². The van der Waals surface area contributed by atoms with E-state index in [1.165, 1.54) is 18.3 Å². The molecule has 2 rings (SSSR count). The number of anilines is 1. The quantitative estimate of drug-likeness (QED) is 0.871. The molecule has 0 saturated carbocycles. The van der Waals surface area contributed by atoms with E-state index in [9.17, 15) is 8.42 Å². The molecule has 0 radical (unpaired) electrons. The minimum atomic E-state index is -3.79. The Kier molecular flexibility index (Phi) is 3.35. The molecule has 0 amide bonds. The molecule has 0 saturated heterocycles. The van der Waals surface area contributed by atoms with Crippen molar-refractivity contribution >= 4 is 15.7 Å². The second kappa shape index (κ2) is 4.79. The standard InChI is InChI=1S/C11H12N2O4S/c1-8-4-9(6-12-5-8)13-18(15,16)11-3-2-10(7-14)17-11/h2-6,13-14H,7H2,1H3. The molecule has 7 heteroatoms. The molecule has 2 aromatic rings. The first-order chi connectivity index (χ1) is 8.51. The van der Waals surface area contributed by atoms with Crippen molar-refractivity contribution in [3.63, 3.8) is 0 Å². The van der Waals surface area contributed by atoms with Crippen molar-refractivity contribution in [2.45, 2.75) is 18.6 Å². The maximum atomic E-state index is 11.9. The molecule has 0 fully saturated rings. The lowest BCUT2D eigenvalue weighted by Gasteiger charge is -2.05. The zero-order valence-electron chi connectivity index (χ0n) is 9.62. The summed E-state index contributed by atoms with van der Waals surface area (Å²) in [6.07, 6.45) is 3.02. The Morgan fingerprint density at radius 2 is 2.17 bits per heavy atom. The summed E-state index contributed by atoms with van der Waals surface area (Å²) in [6.45, 7) is 1.46. The van der Waals surface area contributed by atoms with E-state index in [2.05, 4.69) is 9.71 Å². The van der Waals surface area contributed by atoms with Crippen LogP contribution in [0.5, 0.6) is 0 Å². The predicted molar refractivity (Wildman–Crippen MR) is 64.4 cm³/mol. The number of pyridine rings is 1. The highest BCUT2D eigenvalue weighted by Crippen LogP contribution is 2.18. The van der Waals surface area contributed by atoms with Crippen LogP contribution in [0, 0.1) is 6.92 Å². The molecule has 0 aliphatic heterocycles. The second-order valence-corrected chi connectivity index (χ2v) is 5.35. The summed E-state index contributed by atoms with van der Waals surface area (Å²) in [4.78, 5) is 3.89. The molecule has 6 nitrogen and oxygen atoms in total. The third kappa shape index (κ3) is 2.69. The van der Waals surface area contributed by atoms with Gasteiger partial charge in [-0.15, -0.1) is 0 Å². The number of rotatable bonds is 4. The minimum absolute atomic E-state index is 0.192. The number of aliphatic hydroxyl groups excluding tert-OH is 1. The zero-order valence-corrected chi connectivity index (χ0v) is 10.4. The highest BCUT2D eigenvalue weighted by molar-refractivity contribution is 7.92. The van der Waals surface area contributed by atoms with E-state index in [4.69, 9.17) is 9.52 Å². The Morgan fingerprint density at radius 1 is 1.39 bits per heavy atom. The number of nitrogens with one attached hydrogen (secondary N) is 1. The van der Waals surface area contributed by atoms with Crippen LogP contribution >= 0.6 is 0 Å². The third-order valence-corrected chi connectivity index (χ3v) is 3.44. The Balaban J connectivity index is 2.27. The highest BCUT2D eigenvalue weighted by atomic mass is 32.2. The van der Waals surface area contributed by atoms with Crippen LogP contribution in [-0.4, -0.2) is 18.5 Å². The molecular formula is C11H12N2O4S. The average molecular weight is 268 g/mol. The fourth-order valence-electron chi connectivity index (χ4n) is 1.40. The third-order valence-electron chi connectivity index (χ3n) is 2.18. The van der Waals surface area contributed by atoms with E-state index < -0.39 is 10.0 Å². The van der Waals surface area contributed by atoms with Gasteiger partial charge in [-0.1, -0.05) is 0 Å². The van der Waals surface area contributed by atoms with E-state index in [1.807, 2.05) is 6.92 Å². The first-order valence-electron chi connectivity index (χ1n) is 5.15. The van der Waals surface area contributed by atoms with Gasteiger partial charge in [0.25, 0.3) is 10.0 Å². The van der Waals surface area contributed by atoms with Gasteiger partial charge in [0.1, 0.15) is 12.4 Å². The molecule has 0 atom stereocenters. The fraction of sp³-hybridized carbons (Fsp3) is 0.182. The number of sulfonamides is 1. The van der Waals surface area contributed by atoms with Gasteiger partial charge in [0.2, 0.25) is 5.09 Å². The number of furan rings is 1. The minimum Gasteiger partial charge on any atom is -0.445 e. The van der Waals surface area contributed by atoms with Crippen LogP contribution < -0.4 is 4.72 Å². The summed E-state index contributed by atoms with van der Waals surface area (Å²) in [6, 6.07) is 4.35. The van der Waals surface area contributed by atoms with E-state index in [1.54, 1.807) is 12.3 Å². The lowest BCUT2D eigenvalue weighted by Crippen LogP contribution is -2.12. The van der Waals surface area contributed by atoms with Crippen molar-refractivity contribution in [1.29, 1.82) is 0 Å². The number of aliphatic hydroxyl groups is 1. The van der Waals surface area contributed by atoms with E-state index in [0.29, 0.717) is 5.69 Å². The van der Waals surface area contributed by atoms with Crippen molar-refractivity contribution in [2.24, 2.45) is 0 Å². The van der Waals surface area contributed by atoms with Crippen LogP contribution in [0.15, 0.2) is 40.1 Å². The second-order valence-electron chi connectivity index (χ2n) is 3.74. The first-order valence-corrected chi connectivity index (χ1v) is 6.63. The van der Waals surface area contributed by atoms with Crippen molar-refractivity contribution < 1.29 is 17.9 Å². The summed E-state index contributed by atoms with van der Waals surface area (Å²) in [5, 5.41) is 8.58. The Labute approximate surface area is 104 Å². The number of nitrogens with zero attached hydrogens (tertiary/aromatic N) is 1. The molecular weight excluding hydrogens is 256 g/mol. The van der Waals surface area contributed by atoms with Gasteiger partial charge >= 0.3 is 0 Å². The van der Waals surface area contributed by atoms with Gasteiger partial charge < -0.3 is 9.52 Å². The normalized spacial score (nSPS) is 11.4. The molecule has 2 heterocycles. The van der Waals surface area contributed by atoms with E-state index >= 15 is 0 Å². The molecule has 0 aromatic carbocycles. The van der Waals surface area contributed by atoms with Gasteiger partial charge in [0.15, 0.2) is 0 Å². The van der Waals surface area contributed by atoms with Gasteiger partial charge in [0, 0.05) is 6.20 Å². The van der Waals surface area contributed by atoms with E-state index in [0.717, 1.165) is 5.56 Å². The highest BCUT2D eigenvalue weighted by Gasteiger charge is 2.18. The lowest BCUT2D eigenvalue weighted by atomic mass is 10.3. The van der Waals surface area contributed by atoms with Crippen LogP contribution in [-0.2, 0) is 16.6 Å². The van der Waals surface area contributed by atoms with Crippen LogP contribution in [0.1, 0.15) is 11.3 Å². The Hall–Kier alpha value is -1.86. The van der Waals surface area contributed by atoms with Crippen molar-refractivity contribution in [3.05, 3.63) is 41.9 Å².